The quantitative estimate of drug-likeness (QED) is 0.437. The van der Waals surface area contributed by atoms with E-state index in [9.17, 15) is 9.59 Å². The molecule has 1 aromatic carbocycles. The number of ether oxygens (including phenoxy) is 2. The van der Waals surface area contributed by atoms with Crippen molar-refractivity contribution in [2.45, 2.75) is 40.2 Å². The van der Waals surface area contributed by atoms with Crippen LogP contribution in [0.3, 0.4) is 0 Å². The van der Waals surface area contributed by atoms with Crippen LogP contribution in [0.2, 0.25) is 0 Å². The van der Waals surface area contributed by atoms with Crippen LogP contribution in [0.1, 0.15) is 52.1 Å². The van der Waals surface area contributed by atoms with E-state index in [1.165, 1.54) is 17.5 Å². The van der Waals surface area contributed by atoms with Crippen molar-refractivity contribution < 1.29 is 19.1 Å². The molecule has 0 aliphatic carbocycles. The van der Waals surface area contributed by atoms with Crippen LogP contribution >= 0.6 is 11.3 Å². The summed E-state index contributed by atoms with van der Waals surface area (Å²) in [6, 6.07) is 13.3. The molecule has 0 saturated carbocycles. The lowest BCUT2D eigenvalue weighted by atomic mass is 10.1. The first-order valence-electron chi connectivity index (χ1n) is 10.5. The number of thiazole rings is 1. The second kappa shape index (κ2) is 10.9. The summed E-state index contributed by atoms with van der Waals surface area (Å²) in [7, 11) is 0. The Morgan fingerprint density at radius 3 is 2.50 bits per heavy atom. The molecule has 0 atom stereocenters. The highest BCUT2D eigenvalue weighted by Gasteiger charge is 2.25. The van der Waals surface area contributed by atoms with Crippen molar-refractivity contribution in [1.82, 2.24) is 9.97 Å². The smallest absolute Gasteiger partial charge is 0.358 e. The molecule has 0 aliphatic heterocycles. The van der Waals surface area contributed by atoms with E-state index in [1.807, 2.05) is 44.2 Å². The van der Waals surface area contributed by atoms with Crippen LogP contribution in [-0.2, 0) is 11.2 Å². The SMILES string of the molecule is CCOC(=O)c1nc(N(CCc2ccccc2)C(=O)c2ccc(OC(C)C)nc2)sc1C. The van der Waals surface area contributed by atoms with Crippen LogP contribution < -0.4 is 9.64 Å². The van der Waals surface area contributed by atoms with Crippen molar-refractivity contribution in [3.05, 3.63) is 70.4 Å². The average molecular weight is 454 g/mol. The topological polar surface area (TPSA) is 81.6 Å². The summed E-state index contributed by atoms with van der Waals surface area (Å²) >= 11 is 1.29. The molecule has 0 N–H and O–H groups in total. The zero-order valence-corrected chi connectivity index (χ0v) is 19.5. The fraction of sp³-hybridized carbons (Fsp3) is 0.333. The average Bonchev–Trinajstić information content (AvgIpc) is 3.16. The molecule has 3 aromatic rings. The first-order chi connectivity index (χ1) is 15.4. The summed E-state index contributed by atoms with van der Waals surface area (Å²) in [6.45, 7) is 8.04. The van der Waals surface area contributed by atoms with E-state index in [1.54, 1.807) is 30.9 Å². The summed E-state index contributed by atoms with van der Waals surface area (Å²) in [4.78, 5) is 36.6. The second-order valence-corrected chi connectivity index (χ2v) is 8.55. The first kappa shape index (κ1) is 23.4. The molecule has 0 radical (unpaired) electrons. The minimum atomic E-state index is -0.486. The fourth-order valence-corrected chi connectivity index (χ4v) is 3.95. The highest BCUT2D eigenvalue weighted by atomic mass is 32.1. The molecule has 0 bridgehead atoms. The summed E-state index contributed by atoms with van der Waals surface area (Å²) in [5.74, 6) is -0.268. The number of amides is 1. The number of carbonyl (C=O) groups is 2. The highest BCUT2D eigenvalue weighted by molar-refractivity contribution is 7.16. The van der Waals surface area contributed by atoms with Gasteiger partial charge in [-0.25, -0.2) is 14.8 Å². The fourth-order valence-electron chi connectivity index (χ4n) is 3.03. The van der Waals surface area contributed by atoms with Crippen molar-refractivity contribution in [1.29, 1.82) is 0 Å². The Morgan fingerprint density at radius 2 is 1.88 bits per heavy atom. The van der Waals surface area contributed by atoms with Crippen LogP contribution in [0.15, 0.2) is 48.7 Å². The third-order valence-corrected chi connectivity index (χ3v) is 5.53. The van der Waals surface area contributed by atoms with E-state index in [2.05, 4.69) is 9.97 Å². The van der Waals surface area contributed by atoms with Crippen LogP contribution in [0, 0.1) is 6.92 Å². The normalized spacial score (nSPS) is 10.8. The van der Waals surface area contributed by atoms with E-state index < -0.39 is 5.97 Å². The van der Waals surface area contributed by atoms with Crippen molar-refractivity contribution in [3.63, 3.8) is 0 Å². The number of carbonyl (C=O) groups excluding carboxylic acids is 2. The molecule has 0 fully saturated rings. The van der Waals surface area contributed by atoms with Crippen LogP contribution in [0.4, 0.5) is 5.13 Å². The Labute approximate surface area is 192 Å². The van der Waals surface area contributed by atoms with Crippen LogP contribution in [0.25, 0.3) is 0 Å². The molecule has 0 unspecified atom stereocenters. The predicted octanol–water partition coefficient (Wildman–Crippen LogP) is 4.70. The van der Waals surface area contributed by atoms with Crippen molar-refractivity contribution in [3.8, 4) is 5.88 Å². The van der Waals surface area contributed by atoms with Gasteiger partial charge in [-0.05, 0) is 45.7 Å². The molecule has 0 saturated heterocycles. The Kier molecular flexibility index (Phi) is 7.94. The minimum Gasteiger partial charge on any atom is -0.475 e. The van der Waals surface area contributed by atoms with Crippen LogP contribution in [-0.4, -0.2) is 41.1 Å². The largest absolute Gasteiger partial charge is 0.475 e. The maximum atomic E-state index is 13.4. The molecular weight excluding hydrogens is 426 g/mol. The molecular formula is C24H27N3O4S. The van der Waals surface area contributed by atoms with Gasteiger partial charge in [-0.1, -0.05) is 30.3 Å². The summed E-state index contributed by atoms with van der Waals surface area (Å²) in [6.07, 6.45) is 2.13. The third-order valence-electron chi connectivity index (χ3n) is 4.54. The molecule has 1 amide bonds. The standard InChI is InChI=1S/C24H27N3O4S/c1-5-30-23(29)21-17(4)32-24(26-21)27(14-13-18-9-7-6-8-10-18)22(28)19-11-12-20(25-15-19)31-16(2)3/h6-12,15-16H,5,13-14H2,1-4H3. The number of pyridine rings is 1. The molecule has 0 aliphatic rings. The molecule has 0 spiro atoms. The van der Waals surface area contributed by atoms with Gasteiger partial charge >= 0.3 is 5.97 Å². The number of hydrogen-bond donors (Lipinski definition) is 0. The van der Waals surface area contributed by atoms with Gasteiger partial charge in [0.1, 0.15) is 0 Å². The maximum Gasteiger partial charge on any atom is 0.358 e. The lowest BCUT2D eigenvalue weighted by Crippen LogP contribution is -2.33. The number of hydrogen-bond acceptors (Lipinski definition) is 7. The van der Waals surface area contributed by atoms with E-state index in [0.717, 1.165) is 5.56 Å². The molecule has 2 aromatic heterocycles. The maximum absolute atomic E-state index is 13.4. The van der Waals surface area contributed by atoms with Gasteiger partial charge in [0, 0.05) is 23.7 Å². The number of aryl methyl sites for hydroxylation is 1. The highest BCUT2D eigenvalue weighted by Crippen LogP contribution is 2.28. The van der Waals surface area contributed by atoms with Crippen molar-refractivity contribution in [2.24, 2.45) is 0 Å². The molecule has 3 rings (SSSR count). The van der Waals surface area contributed by atoms with E-state index in [-0.39, 0.29) is 24.3 Å². The monoisotopic (exact) mass is 453 g/mol. The summed E-state index contributed by atoms with van der Waals surface area (Å²) in [5, 5.41) is 0.453. The number of anilines is 1. The van der Waals surface area contributed by atoms with Gasteiger partial charge in [0.25, 0.3) is 5.91 Å². The lowest BCUT2D eigenvalue weighted by Gasteiger charge is -2.20. The first-order valence-corrected chi connectivity index (χ1v) is 11.3. The second-order valence-electron chi connectivity index (χ2n) is 7.37. The Bertz CT molecular complexity index is 1050. The number of aromatic nitrogens is 2. The van der Waals surface area contributed by atoms with Crippen molar-refractivity contribution >= 4 is 28.3 Å². The zero-order chi connectivity index (χ0) is 23.1. The van der Waals surface area contributed by atoms with Crippen LogP contribution in [0.5, 0.6) is 5.88 Å². The van der Waals surface area contributed by atoms with Gasteiger partial charge in [-0.2, -0.15) is 0 Å². The molecule has 32 heavy (non-hydrogen) atoms. The van der Waals surface area contributed by atoms with Crippen molar-refractivity contribution in [2.75, 3.05) is 18.1 Å². The van der Waals surface area contributed by atoms with E-state index in [4.69, 9.17) is 9.47 Å². The lowest BCUT2D eigenvalue weighted by molar-refractivity contribution is 0.0519. The Balaban J connectivity index is 1.89. The molecule has 7 nitrogen and oxygen atoms in total. The third kappa shape index (κ3) is 5.91. The van der Waals surface area contributed by atoms with Gasteiger partial charge in [-0.15, -0.1) is 11.3 Å². The predicted molar refractivity (Wildman–Crippen MR) is 125 cm³/mol. The molecule has 2 heterocycles. The summed E-state index contributed by atoms with van der Waals surface area (Å²) < 4.78 is 10.7. The van der Waals surface area contributed by atoms with Gasteiger partial charge in [0.05, 0.1) is 18.3 Å². The van der Waals surface area contributed by atoms with Gasteiger partial charge in [0.2, 0.25) is 5.88 Å². The molecule has 8 heteroatoms. The summed E-state index contributed by atoms with van der Waals surface area (Å²) in [5.41, 5.74) is 1.76. The number of esters is 1. The van der Waals surface area contributed by atoms with E-state index in [0.29, 0.717) is 34.4 Å². The van der Waals surface area contributed by atoms with Gasteiger partial charge < -0.3 is 9.47 Å². The Morgan fingerprint density at radius 1 is 1.12 bits per heavy atom. The van der Waals surface area contributed by atoms with E-state index >= 15 is 0 Å². The number of rotatable bonds is 9. The Hall–Kier alpha value is -3.26. The van der Waals surface area contributed by atoms with Gasteiger partial charge in [0.15, 0.2) is 10.8 Å². The number of nitrogens with zero attached hydrogens (tertiary/aromatic N) is 3. The minimum absolute atomic E-state index is 0.00832. The molecule has 168 valence electrons. The van der Waals surface area contributed by atoms with Gasteiger partial charge in [-0.3, -0.25) is 9.69 Å². The zero-order valence-electron chi connectivity index (χ0n) is 18.7. The number of benzene rings is 1.